The molecule has 2 aromatic carbocycles. The van der Waals surface area contributed by atoms with E-state index >= 15 is 0 Å². The number of carbonyl (C=O) groups excluding carboxylic acids is 1. The number of hydrogen-bond donors (Lipinski definition) is 5. The maximum atomic E-state index is 12.4. The van der Waals surface area contributed by atoms with E-state index < -0.39 is 11.6 Å². The number of pyridine rings is 1. The second kappa shape index (κ2) is 11.1. The van der Waals surface area contributed by atoms with Gasteiger partial charge in [0.05, 0.1) is 45.2 Å². The number of nitrogens with two attached hydrogens (primary N) is 1. The van der Waals surface area contributed by atoms with Crippen LogP contribution in [0.4, 0.5) is 11.4 Å². The molecule has 1 amide bonds. The summed E-state index contributed by atoms with van der Waals surface area (Å²) in [5, 5.41) is 29.5. The number of rotatable bonds is 8. The van der Waals surface area contributed by atoms with Gasteiger partial charge >= 0.3 is 0 Å². The zero-order valence-electron chi connectivity index (χ0n) is 24.1. The van der Waals surface area contributed by atoms with Crippen molar-refractivity contribution in [3.8, 4) is 12.1 Å². The third-order valence-corrected chi connectivity index (χ3v) is 8.25. The summed E-state index contributed by atoms with van der Waals surface area (Å²) < 4.78 is 0. The Hall–Kier alpha value is -4.51. The fourth-order valence-corrected chi connectivity index (χ4v) is 5.64. The third kappa shape index (κ3) is 5.27. The van der Waals surface area contributed by atoms with Gasteiger partial charge in [0.15, 0.2) is 0 Å². The molecular weight excluding hydrogens is 550 g/mol. The van der Waals surface area contributed by atoms with E-state index in [0.717, 1.165) is 23.2 Å². The Kier molecular flexibility index (Phi) is 7.63. The Morgan fingerprint density at radius 2 is 1.98 bits per heavy atom. The van der Waals surface area contributed by atoms with Crippen LogP contribution in [0.2, 0.25) is 5.02 Å². The van der Waals surface area contributed by atoms with E-state index in [1.165, 1.54) is 6.20 Å². The summed E-state index contributed by atoms with van der Waals surface area (Å²) in [4.78, 5) is 16.9. The molecule has 3 aromatic rings. The van der Waals surface area contributed by atoms with E-state index in [2.05, 4.69) is 59.5 Å². The lowest BCUT2D eigenvalue weighted by Gasteiger charge is -2.44. The maximum Gasteiger partial charge on any atom is 0.244 e. The number of primary amides is 1. The number of nitrogens with zero attached hydrogens (tertiary/aromatic N) is 4. The monoisotopic (exact) mass is 583 g/mol. The minimum Gasteiger partial charge on any atom is -0.383 e. The minimum atomic E-state index is -0.803. The molecule has 0 unspecified atom stereocenters. The van der Waals surface area contributed by atoms with Crippen molar-refractivity contribution in [2.45, 2.75) is 58.5 Å². The first kappa shape index (κ1) is 29.0. The lowest BCUT2D eigenvalue weighted by atomic mass is 9.75. The van der Waals surface area contributed by atoms with Crippen molar-refractivity contribution >= 4 is 39.8 Å². The number of fused-ring (bicyclic) bond motifs is 1. The van der Waals surface area contributed by atoms with Crippen LogP contribution in [0, 0.1) is 35.0 Å². The topological polar surface area (TPSA) is 155 Å². The summed E-state index contributed by atoms with van der Waals surface area (Å²) in [6, 6.07) is 13.4. The molecule has 2 aliphatic rings. The molecular formula is C31H34ClN9O. The minimum absolute atomic E-state index is 0.0292. The number of nitriles is 2. The lowest BCUT2D eigenvalue weighted by Crippen LogP contribution is -2.63. The van der Waals surface area contributed by atoms with Gasteiger partial charge in [-0.1, -0.05) is 44.5 Å². The SMILES string of the molecule is Cc1c(C#N)cccc1[C@H](Nc1cc(Cl)c2ncc(C#N)c(NCC(C)(C)C)c2c1)C1=CN(C2(C(N)=O)CCC2)NN1. The second-order valence-electron chi connectivity index (χ2n) is 12.1. The largest absolute Gasteiger partial charge is 0.383 e. The molecule has 10 nitrogen and oxygen atoms in total. The van der Waals surface area contributed by atoms with Crippen molar-refractivity contribution in [1.29, 1.82) is 10.5 Å². The van der Waals surface area contributed by atoms with Gasteiger partial charge in [0, 0.05) is 30.0 Å². The summed E-state index contributed by atoms with van der Waals surface area (Å²) in [5.41, 5.74) is 16.6. The number of amides is 1. The van der Waals surface area contributed by atoms with Gasteiger partial charge in [-0.05, 0) is 60.9 Å². The highest BCUT2D eigenvalue weighted by Crippen LogP contribution is 2.40. The molecule has 0 spiro atoms. The molecule has 1 atom stereocenters. The van der Waals surface area contributed by atoms with Crippen molar-refractivity contribution in [3.63, 3.8) is 0 Å². The number of hydrogen-bond acceptors (Lipinski definition) is 9. The first-order chi connectivity index (χ1) is 20.0. The Morgan fingerprint density at radius 3 is 2.60 bits per heavy atom. The number of anilines is 2. The zero-order chi connectivity index (χ0) is 30.2. The highest BCUT2D eigenvalue weighted by molar-refractivity contribution is 6.35. The lowest BCUT2D eigenvalue weighted by molar-refractivity contribution is -0.136. The van der Waals surface area contributed by atoms with Crippen LogP contribution in [0.1, 0.15) is 68.3 Å². The van der Waals surface area contributed by atoms with Crippen LogP contribution in [0.5, 0.6) is 0 Å². The molecule has 216 valence electrons. The molecule has 0 saturated heterocycles. The van der Waals surface area contributed by atoms with Crippen LogP contribution >= 0.6 is 11.6 Å². The number of nitrogens with one attached hydrogen (secondary N) is 4. The van der Waals surface area contributed by atoms with Crippen LogP contribution in [0.25, 0.3) is 10.9 Å². The number of halogens is 1. The predicted octanol–water partition coefficient (Wildman–Crippen LogP) is 5.13. The molecule has 2 heterocycles. The average Bonchev–Trinajstić information content (AvgIpc) is 3.39. The smallest absolute Gasteiger partial charge is 0.244 e. The molecule has 0 bridgehead atoms. The summed E-state index contributed by atoms with van der Waals surface area (Å²) in [6.07, 6.45) is 5.61. The Morgan fingerprint density at radius 1 is 1.24 bits per heavy atom. The third-order valence-electron chi connectivity index (χ3n) is 7.96. The second-order valence-corrected chi connectivity index (χ2v) is 12.5. The highest BCUT2D eigenvalue weighted by Gasteiger charge is 2.49. The predicted molar refractivity (Wildman–Crippen MR) is 164 cm³/mol. The first-order valence-corrected chi connectivity index (χ1v) is 14.2. The Bertz CT molecular complexity index is 1670. The number of carbonyl (C=O) groups is 1. The molecule has 1 fully saturated rings. The van der Waals surface area contributed by atoms with E-state index in [1.807, 2.05) is 31.3 Å². The van der Waals surface area contributed by atoms with Crippen molar-refractivity contribution < 1.29 is 4.79 Å². The fraction of sp³-hybridized carbons (Fsp3) is 0.355. The molecule has 42 heavy (non-hydrogen) atoms. The van der Waals surface area contributed by atoms with Gasteiger partial charge in [-0.25, -0.2) is 0 Å². The van der Waals surface area contributed by atoms with Crippen molar-refractivity contribution in [1.82, 2.24) is 21.0 Å². The Balaban J connectivity index is 1.61. The van der Waals surface area contributed by atoms with Crippen LogP contribution in [-0.2, 0) is 4.79 Å². The summed E-state index contributed by atoms with van der Waals surface area (Å²) >= 11 is 6.77. The molecule has 1 saturated carbocycles. The van der Waals surface area contributed by atoms with E-state index in [9.17, 15) is 15.3 Å². The maximum absolute atomic E-state index is 12.4. The molecule has 11 heteroatoms. The zero-order valence-corrected chi connectivity index (χ0v) is 24.9. The van der Waals surface area contributed by atoms with Crippen LogP contribution in [0.3, 0.4) is 0 Å². The molecule has 1 aliphatic carbocycles. The van der Waals surface area contributed by atoms with Gasteiger partial charge in [0.25, 0.3) is 0 Å². The van der Waals surface area contributed by atoms with E-state index in [1.54, 1.807) is 17.1 Å². The quantitative estimate of drug-likeness (QED) is 0.243. The molecule has 5 rings (SSSR count). The first-order valence-electron chi connectivity index (χ1n) is 13.8. The van der Waals surface area contributed by atoms with Crippen molar-refractivity contribution in [2.24, 2.45) is 11.1 Å². The van der Waals surface area contributed by atoms with Crippen molar-refractivity contribution in [2.75, 3.05) is 17.2 Å². The highest BCUT2D eigenvalue weighted by atomic mass is 35.5. The average molecular weight is 584 g/mol. The molecule has 0 radical (unpaired) electrons. The van der Waals surface area contributed by atoms with E-state index in [-0.39, 0.29) is 11.3 Å². The van der Waals surface area contributed by atoms with Gasteiger partial charge in [0.2, 0.25) is 5.91 Å². The standard InChI is InChI=1S/C31H34ClN9O/c1-18-19(13-33)7-5-8-22(18)28(25-16-41(40-39-25)31(29(35)42)9-6-10-31)38-21-11-23-26(37-17-30(2,3)4)20(14-34)15-36-27(23)24(32)12-21/h5,7-8,11-12,15-16,28,38-40H,6,9-10,17H2,1-4H3,(H2,35,42)(H,36,37)/t28-/m0/s1. The molecule has 6 N–H and O–H groups in total. The fourth-order valence-electron chi connectivity index (χ4n) is 5.37. The summed E-state index contributed by atoms with van der Waals surface area (Å²) in [7, 11) is 0. The molecule has 1 aliphatic heterocycles. The van der Waals surface area contributed by atoms with Gasteiger partial charge in [0.1, 0.15) is 11.6 Å². The molecule has 1 aromatic heterocycles. The van der Waals surface area contributed by atoms with Crippen LogP contribution in [0.15, 0.2) is 48.4 Å². The number of aromatic nitrogens is 1. The normalized spacial score (nSPS) is 16.5. The number of benzene rings is 2. The van der Waals surface area contributed by atoms with Crippen molar-refractivity contribution in [3.05, 3.63) is 75.7 Å². The van der Waals surface area contributed by atoms with Gasteiger partial charge in [-0.3, -0.25) is 14.8 Å². The summed E-state index contributed by atoms with van der Waals surface area (Å²) in [5.74, 6) is -0.384. The van der Waals surface area contributed by atoms with Gasteiger partial charge < -0.3 is 21.8 Å². The van der Waals surface area contributed by atoms with E-state index in [4.69, 9.17) is 17.3 Å². The number of hydrazine groups is 2. The summed E-state index contributed by atoms with van der Waals surface area (Å²) in [6.45, 7) is 8.89. The van der Waals surface area contributed by atoms with E-state index in [0.29, 0.717) is 57.8 Å². The van der Waals surface area contributed by atoms with Gasteiger partial charge in [-0.2, -0.15) is 10.5 Å². The Labute approximate surface area is 250 Å². The van der Waals surface area contributed by atoms with Gasteiger partial charge in [-0.15, -0.1) is 5.53 Å². The van der Waals surface area contributed by atoms with Crippen LogP contribution in [-0.4, -0.2) is 28.0 Å². The van der Waals surface area contributed by atoms with Crippen LogP contribution < -0.4 is 27.3 Å².